The number of pyridine rings is 1. The van der Waals surface area contributed by atoms with Crippen LogP contribution in [0.2, 0.25) is 0 Å². The summed E-state index contributed by atoms with van der Waals surface area (Å²) in [6.07, 6.45) is 0.841. The number of alkyl halides is 4. The van der Waals surface area contributed by atoms with Crippen LogP contribution < -0.4 is 10.6 Å². The molecule has 13 heteroatoms. The van der Waals surface area contributed by atoms with Gasteiger partial charge in [0.1, 0.15) is 17.2 Å². The average Bonchev–Trinajstić information content (AvgIpc) is 3.33. The molecule has 1 saturated carbocycles. The van der Waals surface area contributed by atoms with Crippen molar-refractivity contribution < 1.29 is 32.3 Å². The van der Waals surface area contributed by atoms with E-state index < -0.39 is 46.7 Å². The van der Waals surface area contributed by atoms with E-state index in [1.54, 1.807) is 4.90 Å². The number of nitrogens with one attached hydrogen (secondary N) is 2. The monoisotopic (exact) mass is 599 g/mol. The Kier molecular flexibility index (Phi) is 8.98. The Morgan fingerprint density at radius 3 is 2.54 bits per heavy atom. The molecule has 1 unspecified atom stereocenters. The molecular weight excluding hydrogens is 562 g/mol. The number of aliphatic hydroxyl groups is 1. The normalized spacial score (nSPS) is 23.8. The molecule has 0 radical (unpaired) electrons. The summed E-state index contributed by atoms with van der Waals surface area (Å²) in [5, 5.41) is 15.1. The molecule has 0 aromatic carbocycles. The van der Waals surface area contributed by atoms with Crippen LogP contribution in [0.4, 0.5) is 23.4 Å². The molecule has 1 aliphatic heterocycles. The maximum absolute atomic E-state index is 15.1. The zero-order valence-corrected chi connectivity index (χ0v) is 24.5. The third kappa shape index (κ3) is 7.35. The fourth-order valence-corrected chi connectivity index (χ4v) is 6.22. The fourth-order valence-electron chi connectivity index (χ4n) is 5.27. The van der Waals surface area contributed by atoms with Gasteiger partial charge in [0.15, 0.2) is 5.01 Å². The highest BCUT2D eigenvalue weighted by Crippen LogP contribution is 2.41. The van der Waals surface area contributed by atoms with Gasteiger partial charge in [0.05, 0.1) is 22.1 Å². The molecule has 3 atom stereocenters. The van der Waals surface area contributed by atoms with Crippen molar-refractivity contribution in [1.29, 1.82) is 0 Å². The molecule has 226 valence electrons. The van der Waals surface area contributed by atoms with E-state index in [2.05, 4.69) is 20.6 Å². The third-order valence-corrected chi connectivity index (χ3v) is 8.77. The van der Waals surface area contributed by atoms with E-state index >= 15 is 4.39 Å². The number of halogens is 4. The molecule has 2 aliphatic rings. The summed E-state index contributed by atoms with van der Waals surface area (Å²) in [5.74, 6) is -1.62. The summed E-state index contributed by atoms with van der Waals surface area (Å²) in [4.78, 5) is 36.6. The number of thiazole rings is 1. The van der Waals surface area contributed by atoms with Crippen molar-refractivity contribution in [2.45, 2.75) is 102 Å². The molecule has 2 fully saturated rings. The van der Waals surface area contributed by atoms with Crippen LogP contribution in [0.3, 0.4) is 0 Å². The Balaban J connectivity index is 1.76. The van der Waals surface area contributed by atoms with E-state index in [0.717, 1.165) is 36.7 Å². The lowest BCUT2D eigenvalue weighted by atomic mass is 9.83. The number of hydrogen-bond donors (Lipinski definition) is 3. The maximum Gasteiger partial charge on any atom is 0.419 e. The molecule has 3 heterocycles. The fraction of sp³-hybridized carbons (Fsp3) is 0.643. The van der Waals surface area contributed by atoms with Crippen LogP contribution in [0.1, 0.15) is 98.5 Å². The van der Waals surface area contributed by atoms with Crippen molar-refractivity contribution in [3.8, 4) is 10.4 Å². The highest BCUT2D eigenvalue weighted by molar-refractivity contribution is 7.17. The van der Waals surface area contributed by atoms with Gasteiger partial charge in [0.25, 0.3) is 11.8 Å². The van der Waals surface area contributed by atoms with Crippen molar-refractivity contribution in [3.05, 3.63) is 28.5 Å². The second-order valence-electron chi connectivity index (χ2n) is 11.9. The van der Waals surface area contributed by atoms with Gasteiger partial charge in [-0.2, -0.15) is 13.2 Å². The predicted octanol–water partition coefficient (Wildman–Crippen LogP) is 5.82. The Bertz CT molecular complexity index is 1270. The number of likely N-dealkylation sites (tertiary alicyclic amines) is 1. The van der Waals surface area contributed by atoms with Crippen LogP contribution in [-0.4, -0.2) is 68.2 Å². The lowest BCUT2D eigenvalue weighted by Crippen LogP contribution is -2.44. The van der Waals surface area contributed by atoms with Gasteiger partial charge < -0.3 is 20.6 Å². The van der Waals surface area contributed by atoms with Gasteiger partial charge in [0.2, 0.25) is 0 Å². The number of carbonyl (C=O) groups is 2. The summed E-state index contributed by atoms with van der Waals surface area (Å²) in [7, 11) is 0. The van der Waals surface area contributed by atoms with Crippen molar-refractivity contribution in [2.75, 3.05) is 18.4 Å². The standard InChI is InChI=1S/C28H37F4N5O3S/c1-16-9-6-8-12-37(16)25(39)20-21(41-24(36-20)23(38)34-15-26(2,3)40)17-13-18(28(30,31)32)22(33-14-17)35-19-10-5-7-11-27(19,4)29/h13-14,16,19,40H,5-12,15H2,1-4H3,(H,33,35)(H,34,38)/t16-,19+,27?/m0/s1. The highest BCUT2D eigenvalue weighted by Gasteiger charge is 2.41. The van der Waals surface area contributed by atoms with Crippen LogP contribution in [0.15, 0.2) is 12.3 Å². The lowest BCUT2D eigenvalue weighted by molar-refractivity contribution is -0.137. The third-order valence-electron chi connectivity index (χ3n) is 7.67. The summed E-state index contributed by atoms with van der Waals surface area (Å²) < 4.78 is 58.0. The van der Waals surface area contributed by atoms with Crippen molar-refractivity contribution in [3.63, 3.8) is 0 Å². The molecule has 4 rings (SSSR count). The van der Waals surface area contributed by atoms with Crippen LogP contribution in [0.25, 0.3) is 10.4 Å². The molecule has 41 heavy (non-hydrogen) atoms. The van der Waals surface area contributed by atoms with Crippen LogP contribution in [0.5, 0.6) is 0 Å². The van der Waals surface area contributed by atoms with Gasteiger partial charge in [-0.1, -0.05) is 12.8 Å². The molecule has 2 amide bonds. The average molecular weight is 600 g/mol. The van der Waals surface area contributed by atoms with Gasteiger partial charge in [-0.3, -0.25) is 9.59 Å². The van der Waals surface area contributed by atoms with Crippen LogP contribution >= 0.6 is 11.3 Å². The second kappa shape index (κ2) is 11.8. The number of rotatable bonds is 7. The van der Waals surface area contributed by atoms with E-state index in [1.807, 2.05) is 6.92 Å². The Morgan fingerprint density at radius 2 is 1.90 bits per heavy atom. The first-order valence-electron chi connectivity index (χ1n) is 13.9. The van der Waals surface area contributed by atoms with E-state index in [-0.39, 0.29) is 40.1 Å². The van der Waals surface area contributed by atoms with Crippen molar-refractivity contribution in [2.24, 2.45) is 0 Å². The number of carbonyl (C=O) groups excluding carboxylic acids is 2. The Morgan fingerprint density at radius 1 is 1.20 bits per heavy atom. The smallest absolute Gasteiger partial charge is 0.389 e. The van der Waals surface area contributed by atoms with Gasteiger partial charge in [-0.15, -0.1) is 11.3 Å². The topological polar surface area (TPSA) is 107 Å². The summed E-state index contributed by atoms with van der Waals surface area (Å²) >= 11 is 0.785. The van der Waals surface area contributed by atoms with Crippen LogP contribution in [0, 0.1) is 0 Å². The zero-order valence-electron chi connectivity index (χ0n) is 23.7. The number of piperidine rings is 1. The van der Waals surface area contributed by atoms with Gasteiger partial charge in [-0.05, 0) is 65.9 Å². The quantitative estimate of drug-likeness (QED) is 0.346. The van der Waals surface area contributed by atoms with E-state index in [0.29, 0.717) is 25.8 Å². The summed E-state index contributed by atoms with van der Waals surface area (Å²) in [6, 6.07) is -0.0574. The van der Waals surface area contributed by atoms with Gasteiger partial charge in [0, 0.05) is 30.9 Å². The van der Waals surface area contributed by atoms with E-state index in [4.69, 9.17) is 0 Å². The van der Waals surface area contributed by atoms with Crippen molar-refractivity contribution >= 4 is 29.0 Å². The minimum absolute atomic E-state index is 0.0263. The number of nitrogens with zero attached hydrogens (tertiary/aromatic N) is 3. The molecule has 1 saturated heterocycles. The predicted molar refractivity (Wildman–Crippen MR) is 149 cm³/mol. The minimum atomic E-state index is -4.82. The number of aromatic nitrogens is 2. The molecule has 0 bridgehead atoms. The SMILES string of the molecule is C[C@H]1CCCCN1C(=O)c1nc(C(=O)NCC(C)(C)O)sc1-c1cnc(N[C@@H]2CCCCC2(C)F)c(C(F)(F)F)c1. The van der Waals surface area contributed by atoms with Gasteiger partial charge in [-0.25, -0.2) is 14.4 Å². The largest absolute Gasteiger partial charge is 0.419 e. The van der Waals surface area contributed by atoms with Crippen LogP contribution in [-0.2, 0) is 6.18 Å². The molecule has 0 spiro atoms. The first kappa shape index (κ1) is 31.1. The zero-order chi connectivity index (χ0) is 30.2. The van der Waals surface area contributed by atoms with E-state index in [9.17, 15) is 27.9 Å². The lowest BCUT2D eigenvalue weighted by Gasteiger charge is -2.36. The Labute approximate surface area is 240 Å². The van der Waals surface area contributed by atoms with E-state index in [1.165, 1.54) is 27.0 Å². The Hall–Kier alpha value is -2.80. The molecule has 8 nitrogen and oxygen atoms in total. The number of hydrogen-bond acceptors (Lipinski definition) is 7. The highest BCUT2D eigenvalue weighted by atomic mass is 32.1. The minimum Gasteiger partial charge on any atom is -0.389 e. The van der Waals surface area contributed by atoms with Gasteiger partial charge >= 0.3 is 6.18 Å². The molecule has 3 N–H and O–H groups in total. The summed E-state index contributed by atoms with van der Waals surface area (Å²) in [6.45, 7) is 6.66. The maximum atomic E-state index is 15.1. The molecular formula is C28H37F4N5O3S. The summed E-state index contributed by atoms with van der Waals surface area (Å²) in [5.41, 5.74) is -4.14. The number of amides is 2. The molecule has 2 aromatic heterocycles. The number of anilines is 1. The molecule has 2 aromatic rings. The second-order valence-corrected chi connectivity index (χ2v) is 12.9. The molecule has 1 aliphatic carbocycles. The first-order chi connectivity index (χ1) is 19.1. The van der Waals surface area contributed by atoms with Crippen molar-refractivity contribution in [1.82, 2.24) is 20.2 Å². The first-order valence-corrected chi connectivity index (χ1v) is 14.7.